The lowest BCUT2D eigenvalue weighted by atomic mass is 10.1. The summed E-state index contributed by atoms with van der Waals surface area (Å²) >= 11 is 0. The minimum absolute atomic E-state index is 0.167. The molecule has 0 unspecified atom stereocenters. The first-order valence-electron chi connectivity index (χ1n) is 11.4. The van der Waals surface area contributed by atoms with Gasteiger partial charge < -0.3 is 21.5 Å². The number of unbranched alkanes of at least 4 members (excludes halogenated alkanes) is 5. The normalized spacial score (nSPS) is 11.2. The molecule has 0 fully saturated rings. The van der Waals surface area contributed by atoms with E-state index >= 15 is 0 Å². The van der Waals surface area contributed by atoms with Crippen molar-refractivity contribution in [3.8, 4) is 0 Å². The Balaban J connectivity index is 0. The van der Waals surface area contributed by atoms with Crippen LogP contribution in [0.15, 0.2) is 36.5 Å². The third-order valence-corrected chi connectivity index (χ3v) is 4.00. The van der Waals surface area contributed by atoms with Crippen LogP contribution in [0.3, 0.4) is 0 Å². The molecule has 0 aliphatic carbocycles. The number of amides is 1. The van der Waals surface area contributed by atoms with E-state index in [4.69, 9.17) is 15.6 Å². The van der Waals surface area contributed by atoms with Crippen LogP contribution in [0.5, 0.6) is 0 Å². The van der Waals surface area contributed by atoms with Gasteiger partial charge in [0.15, 0.2) is 0 Å². The largest absolute Gasteiger partial charge is 0.481 e. The van der Waals surface area contributed by atoms with Crippen LogP contribution < -0.4 is 16.4 Å². The molecule has 6 heteroatoms. The lowest BCUT2D eigenvalue weighted by Gasteiger charge is -2.06. The Bertz CT molecular complexity index is 470. The number of carbonyl (C=O) groups excluding carboxylic acids is 1. The molecule has 0 aromatic carbocycles. The summed E-state index contributed by atoms with van der Waals surface area (Å²) in [6, 6.07) is 0. The Hall–Kier alpha value is -1.92. The first-order valence-corrected chi connectivity index (χ1v) is 11.4. The Labute approximate surface area is 184 Å². The van der Waals surface area contributed by atoms with Crippen LogP contribution >= 0.6 is 0 Å². The predicted molar refractivity (Wildman–Crippen MR) is 128 cm³/mol. The molecule has 30 heavy (non-hydrogen) atoms. The smallest absolute Gasteiger partial charge is 0.300 e. The van der Waals surface area contributed by atoms with Gasteiger partial charge in [-0.2, -0.15) is 0 Å². The summed E-state index contributed by atoms with van der Waals surface area (Å²) in [5.74, 6) is -0.666. The molecule has 6 nitrogen and oxygen atoms in total. The molecule has 0 aliphatic heterocycles. The van der Waals surface area contributed by atoms with Crippen LogP contribution in [0, 0.1) is 0 Å². The number of nitrogens with two attached hydrogens (primary N) is 1. The second-order valence-corrected chi connectivity index (χ2v) is 7.01. The van der Waals surface area contributed by atoms with E-state index in [2.05, 4.69) is 54.0 Å². The van der Waals surface area contributed by atoms with Gasteiger partial charge >= 0.3 is 0 Å². The van der Waals surface area contributed by atoms with Crippen molar-refractivity contribution in [3.63, 3.8) is 0 Å². The fourth-order valence-corrected chi connectivity index (χ4v) is 2.51. The number of carboxylic acids is 1. The summed E-state index contributed by atoms with van der Waals surface area (Å²) in [5.41, 5.74) is 5.38. The zero-order valence-corrected chi connectivity index (χ0v) is 19.2. The van der Waals surface area contributed by atoms with Crippen LogP contribution in [0.4, 0.5) is 0 Å². The molecule has 0 saturated heterocycles. The van der Waals surface area contributed by atoms with E-state index in [1.165, 1.54) is 25.7 Å². The van der Waals surface area contributed by atoms with E-state index in [0.29, 0.717) is 19.5 Å². The molecule has 174 valence electrons. The van der Waals surface area contributed by atoms with Crippen LogP contribution in [0.25, 0.3) is 0 Å². The Morgan fingerprint density at radius 1 is 0.833 bits per heavy atom. The summed E-state index contributed by atoms with van der Waals surface area (Å²) in [4.78, 5) is 20.6. The fraction of sp³-hybridized carbons (Fsp3) is 0.667. The number of nitrogens with one attached hydrogen (secondary N) is 2. The first-order chi connectivity index (χ1) is 14.5. The van der Waals surface area contributed by atoms with Crippen LogP contribution in [0.1, 0.15) is 78.1 Å². The lowest BCUT2D eigenvalue weighted by Crippen LogP contribution is -2.33. The highest BCUT2D eigenvalue weighted by Gasteiger charge is 1.99. The maximum absolute atomic E-state index is 11.6. The minimum atomic E-state index is -0.833. The summed E-state index contributed by atoms with van der Waals surface area (Å²) in [6.45, 7) is 6.17. The van der Waals surface area contributed by atoms with E-state index in [-0.39, 0.29) is 5.91 Å². The average Bonchev–Trinajstić information content (AvgIpc) is 2.70. The molecule has 0 heterocycles. The van der Waals surface area contributed by atoms with Crippen LogP contribution in [-0.2, 0) is 9.59 Å². The summed E-state index contributed by atoms with van der Waals surface area (Å²) in [6.07, 6.45) is 24.3. The van der Waals surface area contributed by atoms with Gasteiger partial charge in [0.2, 0.25) is 5.91 Å². The van der Waals surface area contributed by atoms with E-state index in [1.807, 2.05) is 0 Å². The van der Waals surface area contributed by atoms with Crippen molar-refractivity contribution in [1.29, 1.82) is 0 Å². The van der Waals surface area contributed by atoms with Crippen LogP contribution in [0.2, 0.25) is 0 Å². The maximum atomic E-state index is 11.6. The van der Waals surface area contributed by atoms with Gasteiger partial charge in [0.05, 0.1) is 0 Å². The van der Waals surface area contributed by atoms with Gasteiger partial charge in [0.1, 0.15) is 0 Å². The number of hydrogen-bond acceptors (Lipinski definition) is 4. The van der Waals surface area contributed by atoms with Crippen molar-refractivity contribution in [2.75, 3.05) is 26.2 Å². The van der Waals surface area contributed by atoms with Gasteiger partial charge in [-0.05, 0) is 38.5 Å². The Kier molecular flexibility index (Phi) is 27.3. The first kappa shape index (κ1) is 30.3. The highest BCUT2D eigenvalue weighted by molar-refractivity contribution is 5.75. The number of carbonyl (C=O) groups is 2. The van der Waals surface area contributed by atoms with Crippen molar-refractivity contribution in [2.45, 2.75) is 78.1 Å². The van der Waals surface area contributed by atoms with Crippen molar-refractivity contribution in [3.05, 3.63) is 36.5 Å². The monoisotopic (exact) mass is 423 g/mol. The molecular formula is C24H45N3O3. The second kappa shape index (κ2) is 27.1. The van der Waals surface area contributed by atoms with Gasteiger partial charge in [0.25, 0.3) is 5.97 Å². The predicted octanol–water partition coefficient (Wildman–Crippen LogP) is 4.33. The second-order valence-electron chi connectivity index (χ2n) is 7.01. The van der Waals surface area contributed by atoms with Gasteiger partial charge in [-0.15, -0.1) is 0 Å². The molecule has 0 aliphatic rings. The Morgan fingerprint density at radius 3 is 2.03 bits per heavy atom. The lowest BCUT2D eigenvalue weighted by molar-refractivity contribution is -0.134. The van der Waals surface area contributed by atoms with E-state index in [1.54, 1.807) is 0 Å². The molecule has 0 radical (unpaired) electrons. The molecule has 0 aromatic rings. The number of hydrogen-bond donors (Lipinski definition) is 4. The van der Waals surface area contributed by atoms with Crippen molar-refractivity contribution in [1.82, 2.24) is 10.6 Å². The molecule has 0 aromatic heterocycles. The van der Waals surface area contributed by atoms with Gasteiger partial charge in [-0.1, -0.05) is 62.6 Å². The number of rotatable bonds is 18. The van der Waals surface area contributed by atoms with Gasteiger partial charge in [0, 0.05) is 39.5 Å². The van der Waals surface area contributed by atoms with Gasteiger partial charge in [-0.25, -0.2) is 0 Å². The minimum Gasteiger partial charge on any atom is -0.481 e. The van der Waals surface area contributed by atoms with Crippen molar-refractivity contribution < 1.29 is 14.7 Å². The molecule has 0 atom stereocenters. The quantitative estimate of drug-likeness (QED) is 0.194. The topological polar surface area (TPSA) is 104 Å². The average molecular weight is 424 g/mol. The molecule has 1 amide bonds. The number of allylic oxidation sites excluding steroid dienone is 6. The molecule has 5 N–H and O–H groups in total. The fourth-order valence-electron chi connectivity index (χ4n) is 2.51. The molecule has 0 spiro atoms. The van der Waals surface area contributed by atoms with Crippen LogP contribution in [-0.4, -0.2) is 43.2 Å². The molecule has 0 rings (SSSR count). The molecular weight excluding hydrogens is 378 g/mol. The number of aliphatic carboxylic acids is 1. The van der Waals surface area contributed by atoms with E-state index in [9.17, 15) is 4.79 Å². The zero-order valence-electron chi connectivity index (χ0n) is 19.2. The SMILES string of the molecule is CC(=O)O.CC/C=C/C/C=C/C/C=C/CCCCCCCC(=O)NCCNCCN. The molecule has 0 bridgehead atoms. The third kappa shape index (κ3) is 33.6. The molecule has 0 saturated carbocycles. The van der Waals surface area contributed by atoms with Gasteiger partial charge in [-0.3, -0.25) is 9.59 Å². The Morgan fingerprint density at radius 2 is 1.40 bits per heavy atom. The third-order valence-electron chi connectivity index (χ3n) is 4.00. The summed E-state index contributed by atoms with van der Waals surface area (Å²) in [5, 5.41) is 13.5. The van der Waals surface area contributed by atoms with E-state index in [0.717, 1.165) is 52.1 Å². The number of carboxylic acid groups (broad SMARTS) is 1. The summed E-state index contributed by atoms with van der Waals surface area (Å²) < 4.78 is 0. The summed E-state index contributed by atoms with van der Waals surface area (Å²) in [7, 11) is 0. The van der Waals surface area contributed by atoms with Crippen molar-refractivity contribution in [2.24, 2.45) is 5.73 Å². The highest BCUT2D eigenvalue weighted by Crippen LogP contribution is 2.08. The highest BCUT2D eigenvalue weighted by atomic mass is 16.4. The maximum Gasteiger partial charge on any atom is 0.300 e. The van der Waals surface area contributed by atoms with Crippen molar-refractivity contribution >= 4 is 11.9 Å². The zero-order chi connectivity index (χ0) is 22.7. The van der Waals surface area contributed by atoms with E-state index < -0.39 is 5.97 Å². The standard InChI is InChI=1S/C22H41N3O.C2H4O2/c1-2-3-4-5-6-7-8-9-10-11-12-13-14-15-16-17-22(26)25-21-20-24-19-18-23;1-2(3)4/h3-4,6-7,9-10,24H,2,5,8,11-21,23H2,1H3,(H,25,26);1H3,(H,3,4)/b4-3+,7-6+,10-9+;.